The van der Waals surface area contributed by atoms with Crippen molar-refractivity contribution in [3.63, 3.8) is 0 Å². The zero-order valence-electron chi connectivity index (χ0n) is 12.2. The number of hydrogen-bond acceptors (Lipinski definition) is 4. The fourth-order valence-corrected chi connectivity index (χ4v) is 3.34. The molecular formula is C14H26N4O2. The summed E-state index contributed by atoms with van der Waals surface area (Å²) in [5, 5.41) is 14.8. The van der Waals surface area contributed by atoms with Gasteiger partial charge in [-0.25, -0.2) is 0 Å². The summed E-state index contributed by atoms with van der Waals surface area (Å²) >= 11 is 0. The molecule has 114 valence electrons. The molecule has 1 aliphatic carbocycles. The molecule has 1 saturated heterocycles. The smallest absolute Gasteiger partial charge is 0.223 e. The maximum atomic E-state index is 12.2. The van der Waals surface area contributed by atoms with Gasteiger partial charge in [0.15, 0.2) is 5.84 Å². The van der Waals surface area contributed by atoms with Crippen LogP contribution in [0.5, 0.6) is 0 Å². The van der Waals surface area contributed by atoms with E-state index in [4.69, 9.17) is 10.9 Å². The number of amides is 1. The molecule has 0 aromatic heterocycles. The van der Waals surface area contributed by atoms with Gasteiger partial charge in [-0.15, -0.1) is 0 Å². The molecule has 0 radical (unpaired) electrons. The molecule has 20 heavy (non-hydrogen) atoms. The van der Waals surface area contributed by atoms with Crippen LogP contribution < -0.4 is 11.1 Å². The van der Waals surface area contributed by atoms with Gasteiger partial charge in [0.2, 0.25) is 5.91 Å². The summed E-state index contributed by atoms with van der Waals surface area (Å²) in [5.74, 6) is 1.22. The van der Waals surface area contributed by atoms with E-state index < -0.39 is 0 Å². The number of hydrogen-bond donors (Lipinski definition) is 3. The lowest BCUT2D eigenvalue weighted by atomic mass is 9.96. The van der Waals surface area contributed by atoms with Gasteiger partial charge in [-0.1, -0.05) is 18.5 Å². The van der Waals surface area contributed by atoms with Crippen LogP contribution in [-0.2, 0) is 4.79 Å². The predicted octanol–water partition coefficient (Wildman–Crippen LogP) is 0.750. The minimum atomic E-state index is 0.213. The third-order valence-corrected chi connectivity index (χ3v) is 4.65. The van der Waals surface area contributed by atoms with E-state index in [2.05, 4.69) is 22.3 Å². The Hall–Kier alpha value is -1.30. The number of nitrogens with one attached hydrogen (secondary N) is 1. The average molecular weight is 282 g/mol. The number of piperidine rings is 1. The van der Waals surface area contributed by atoms with Crippen LogP contribution in [0, 0.1) is 11.8 Å². The molecular weight excluding hydrogens is 256 g/mol. The van der Waals surface area contributed by atoms with Crippen molar-refractivity contribution in [1.82, 2.24) is 10.2 Å². The molecule has 1 amide bonds. The van der Waals surface area contributed by atoms with E-state index in [1.807, 2.05) is 0 Å². The van der Waals surface area contributed by atoms with Crippen molar-refractivity contribution in [1.29, 1.82) is 0 Å². The first-order valence-electron chi connectivity index (χ1n) is 7.59. The third kappa shape index (κ3) is 3.85. The topological polar surface area (TPSA) is 91.0 Å². The first kappa shape index (κ1) is 15.1. The van der Waals surface area contributed by atoms with Crippen molar-refractivity contribution in [2.24, 2.45) is 22.7 Å². The van der Waals surface area contributed by atoms with E-state index >= 15 is 0 Å². The van der Waals surface area contributed by atoms with E-state index in [0.29, 0.717) is 12.5 Å². The molecule has 6 heteroatoms. The van der Waals surface area contributed by atoms with Crippen LogP contribution in [-0.4, -0.2) is 47.5 Å². The molecule has 1 saturated carbocycles. The molecule has 2 atom stereocenters. The Morgan fingerprint density at radius 3 is 2.60 bits per heavy atom. The van der Waals surface area contributed by atoms with Crippen molar-refractivity contribution < 1.29 is 10.0 Å². The molecule has 2 unspecified atom stereocenters. The van der Waals surface area contributed by atoms with Crippen LogP contribution in [0.4, 0.5) is 0 Å². The SMILES string of the molecule is CC1CCCC1C(=O)NC1CCN(CC(N)=NO)CC1. The summed E-state index contributed by atoms with van der Waals surface area (Å²) in [7, 11) is 0. The van der Waals surface area contributed by atoms with Gasteiger partial charge >= 0.3 is 0 Å². The number of oxime groups is 1. The highest BCUT2D eigenvalue weighted by Gasteiger charge is 2.31. The summed E-state index contributed by atoms with van der Waals surface area (Å²) in [4.78, 5) is 14.4. The number of carbonyl (C=O) groups is 1. The molecule has 4 N–H and O–H groups in total. The second-order valence-electron chi connectivity index (χ2n) is 6.17. The highest BCUT2D eigenvalue weighted by molar-refractivity contribution is 5.81. The summed E-state index contributed by atoms with van der Waals surface area (Å²) in [6, 6.07) is 0.277. The van der Waals surface area contributed by atoms with Crippen LogP contribution in [0.3, 0.4) is 0 Å². The lowest BCUT2D eigenvalue weighted by molar-refractivity contribution is -0.126. The van der Waals surface area contributed by atoms with Crippen LogP contribution in [0.1, 0.15) is 39.0 Å². The fraction of sp³-hybridized carbons (Fsp3) is 0.857. The minimum absolute atomic E-state index is 0.213. The van der Waals surface area contributed by atoms with Gasteiger partial charge in [-0.3, -0.25) is 9.69 Å². The summed E-state index contributed by atoms with van der Waals surface area (Å²) < 4.78 is 0. The predicted molar refractivity (Wildman–Crippen MR) is 77.5 cm³/mol. The van der Waals surface area contributed by atoms with Crippen molar-refractivity contribution >= 4 is 11.7 Å². The first-order valence-corrected chi connectivity index (χ1v) is 7.59. The molecule has 0 aromatic carbocycles. The van der Waals surface area contributed by atoms with Crippen LogP contribution >= 0.6 is 0 Å². The van der Waals surface area contributed by atoms with Crippen LogP contribution in [0.15, 0.2) is 5.16 Å². The minimum Gasteiger partial charge on any atom is -0.409 e. The molecule has 0 aromatic rings. The Kier molecular flexibility index (Phi) is 5.23. The number of likely N-dealkylation sites (tertiary alicyclic amines) is 1. The Morgan fingerprint density at radius 2 is 2.05 bits per heavy atom. The fourth-order valence-electron chi connectivity index (χ4n) is 3.34. The number of rotatable bonds is 4. The Labute approximate surface area is 120 Å². The van der Waals surface area contributed by atoms with Gasteiger partial charge < -0.3 is 16.3 Å². The van der Waals surface area contributed by atoms with Gasteiger partial charge in [-0.2, -0.15) is 0 Å². The summed E-state index contributed by atoms with van der Waals surface area (Å²) in [5.41, 5.74) is 5.51. The lowest BCUT2D eigenvalue weighted by Gasteiger charge is -2.32. The van der Waals surface area contributed by atoms with Crippen molar-refractivity contribution in [3.8, 4) is 0 Å². The van der Waals surface area contributed by atoms with Crippen molar-refractivity contribution in [2.75, 3.05) is 19.6 Å². The maximum Gasteiger partial charge on any atom is 0.223 e. The molecule has 2 rings (SSSR count). The molecule has 6 nitrogen and oxygen atoms in total. The second kappa shape index (κ2) is 6.92. The van der Waals surface area contributed by atoms with Crippen molar-refractivity contribution in [2.45, 2.75) is 45.1 Å². The largest absolute Gasteiger partial charge is 0.409 e. The molecule has 2 fully saturated rings. The summed E-state index contributed by atoms with van der Waals surface area (Å²) in [6.07, 6.45) is 5.26. The van der Waals surface area contributed by atoms with Gasteiger partial charge in [0.1, 0.15) is 0 Å². The maximum absolute atomic E-state index is 12.2. The van der Waals surface area contributed by atoms with Crippen LogP contribution in [0.25, 0.3) is 0 Å². The monoisotopic (exact) mass is 282 g/mol. The third-order valence-electron chi connectivity index (χ3n) is 4.65. The Bertz CT molecular complexity index is 364. The van der Waals surface area contributed by atoms with E-state index in [1.54, 1.807) is 0 Å². The molecule has 2 aliphatic rings. The Morgan fingerprint density at radius 1 is 1.35 bits per heavy atom. The van der Waals surface area contributed by atoms with E-state index in [-0.39, 0.29) is 23.7 Å². The van der Waals surface area contributed by atoms with Crippen molar-refractivity contribution in [3.05, 3.63) is 0 Å². The molecule has 0 spiro atoms. The highest BCUT2D eigenvalue weighted by atomic mass is 16.4. The highest BCUT2D eigenvalue weighted by Crippen LogP contribution is 2.31. The first-order chi connectivity index (χ1) is 9.60. The van der Waals surface area contributed by atoms with Gasteiger partial charge in [-0.05, 0) is 31.6 Å². The number of carbonyl (C=O) groups excluding carboxylic acids is 1. The molecule has 1 aliphatic heterocycles. The average Bonchev–Trinajstić information content (AvgIpc) is 2.87. The summed E-state index contributed by atoms with van der Waals surface area (Å²) in [6.45, 7) is 4.43. The number of amidine groups is 1. The standard InChI is InChI=1S/C14H26N4O2/c1-10-3-2-4-12(10)14(19)16-11-5-7-18(8-6-11)9-13(15)17-20/h10-12,20H,2-9H2,1H3,(H2,15,17)(H,16,19). The van der Waals surface area contributed by atoms with Gasteiger partial charge in [0, 0.05) is 25.0 Å². The number of nitrogens with two attached hydrogens (primary N) is 1. The van der Waals surface area contributed by atoms with Gasteiger partial charge in [0.05, 0.1) is 6.54 Å². The quantitative estimate of drug-likeness (QED) is 0.307. The Balaban J connectivity index is 1.73. The zero-order valence-corrected chi connectivity index (χ0v) is 12.2. The van der Waals surface area contributed by atoms with Gasteiger partial charge in [0.25, 0.3) is 0 Å². The molecule has 0 bridgehead atoms. The van der Waals surface area contributed by atoms with E-state index in [0.717, 1.165) is 32.4 Å². The van der Waals surface area contributed by atoms with E-state index in [1.165, 1.54) is 12.8 Å². The molecule has 1 heterocycles. The lowest BCUT2D eigenvalue weighted by Crippen LogP contribution is -2.48. The number of nitrogens with zero attached hydrogens (tertiary/aromatic N) is 2. The van der Waals surface area contributed by atoms with Crippen LogP contribution in [0.2, 0.25) is 0 Å². The zero-order chi connectivity index (χ0) is 14.5. The normalized spacial score (nSPS) is 29.6. The second-order valence-corrected chi connectivity index (χ2v) is 6.17. The van der Waals surface area contributed by atoms with E-state index in [9.17, 15) is 4.79 Å².